The molecule has 8 nitrogen and oxygen atoms in total. The number of benzene rings is 2. The first-order valence-electron chi connectivity index (χ1n) is 8.59. The van der Waals surface area contributed by atoms with Crippen LogP contribution in [0.3, 0.4) is 0 Å². The number of rotatable bonds is 9. The molecule has 154 valence electrons. The number of ether oxygens (including phenoxy) is 3. The molecule has 0 bridgehead atoms. The number of anilines is 1. The van der Waals surface area contributed by atoms with Crippen LogP contribution in [0.2, 0.25) is 0 Å². The van der Waals surface area contributed by atoms with Crippen molar-refractivity contribution in [3.63, 3.8) is 0 Å². The molecular formula is C20H21FN2O6. The Balaban J connectivity index is 2.09. The molecule has 0 aliphatic heterocycles. The highest BCUT2D eigenvalue weighted by molar-refractivity contribution is 5.97. The molecule has 0 atom stereocenters. The van der Waals surface area contributed by atoms with E-state index in [1.54, 1.807) is 0 Å². The maximum atomic E-state index is 13.2. The van der Waals surface area contributed by atoms with Gasteiger partial charge in [0.1, 0.15) is 5.82 Å². The lowest BCUT2D eigenvalue weighted by Gasteiger charge is -2.22. The summed E-state index contributed by atoms with van der Waals surface area (Å²) in [7, 11) is 2.89. The third-order valence-corrected chi connectivity index (χ3v) is 3.97. The van der Waals surface area contributed by atoms with Gasteiger partial charge < -0.3 is 24.8 Å². The van der Waals surface area contributed by atoms with Crippen molar-refractivity contribution in [3.05, 3.63) is 53.8 Å². The van der Waals surface area contributed by atoms with E-state index in [1.165, 1.54) is 61.6 Å². The number of carbonyl (C=O) groups is 3. The average molecular weight is 404 g/mol. The zero-order valence-corrected chi connectivity index (χ0v) is 16.0. The Bertz CT molecular complexity index is 885. The van der Waals surface area contributed by atoms with Crippen LogP contribution in [0.4, 0.5) is 10.1 Å². The molecule has 0 fully saturated rings. The van der Waals surface area contributed by atoms with Gasteiger partial charge in [0, 0.05) is 18.7 Å². The molecule has 9 heteroatoms. The molecule has 0 radical (unpaired) electrons. The molecule has 2 rings (SSSR count). The van der Waals surface area contributed by atoms with Gasteiger partial charge in [0.2, 0.25) is 5.91 Å². The number of methoxy groups -OCH3 is 2. The lowest BCUT2D eigenvalue weighted by molar-refractivity contribution is -0.121. The molecular weight excluding hydrogens is 383 g/mol. The second-order valence-corrected chi connectivity index (χ2v) is 5.88. The number of nitrogens with zero attached hydrogens (tertiary/aromatic N) is 1. The van der Waals surface area contributed by atoms with E-state index in [0.29, 0.717) is 17.2 Å². The Morgan fingerprint density at radius 1 is 1.00 bits per heavy atom. The molecule has 2 N–H and O–H groups in total. The predicted molar refractivity (Wildman–Crippen MR) is 102 cm³/mol. The average Bonchev–Trinajstić information content (AvgIpc) is 2.72. The summed E-state index contributed by atoms with van der Waals surface area (Å²) in [5.74, 6) is -1.64. The molecule has 0 saturated carbocycles. The molecule has 0 aliphatic carbocycles. The normalized spacial score (nSPS) is 10.2. The number of nitrogens with two attached hydrogens (primary N) is 1. The standard InChI is InChI=1S/C20H21FN2O6/c1-27-16-8-3-13(11-17(16)28-2)20(26)29-12-19(25)23(10-9-18(22)24)15-6-4-14(21)5-7-15/h3-8,11H,9-10,12H2,1-2H3,(H2,22,24). The Morgan fingerprint density at radius 2 is 1.66 bits per heavy atom. The smallest absolute Gasteiger partial charge is 0.338 e. The summed E-state index contributed by atoms with van der Waals surface area (Å²) >= 11 is 0. The van der Waals surface area contributed by atoms with E-state index in [4.69, 9.17) is 19.9 Å². The Kier molecular flexibility index (Phi) is 7.53. The quantitative estimate of drug-likeness (QED) is 0.640. The van der Waals surface area contributed by atoms with E-state index < -0.39 is 30.2 Å². The molecule has 2 amide bonds. The van der Waals surface area contributed by atoms with E-state index in [9.17, 15) is 18.8 Å². The molecule has 29 heavy (non-hydrogen) atoms. The Morgan fingerprint density at radius 3 is 2.24 bits per heavy atom. The first-order chi connectivity index (χ1) is 13.8. The van der Waals surface area contributed by atoms with E-state index >= 15 is 0 Å². The largest absolute Gasteiger partial charge is 0.493 e. The van der Waals surface area contributed by atoms with Crippen LogP contribution >= 0.6 is 0 Å². The van der Waals surface area contributed by atoms with Gasteiger partial charge in [0.15, 0.2) is 18.1 Å². The fraction of sp³-hybridized carbons (Fsp3) is 0.250. The lowest BCUT2D eigenvalue weighted by Crippen LogP contribution is -2.37. The minimum absolute atomic E-state index is 0.0340. The minimum atomic E-state index is -0.742. The van der Waals surface area contributed by atoms with Crippen molar-refractivity contribution < 1.29 is 33.0 Å². The van der Waals surface area contributed by atoms with Gasteiger partial charge >= 0.3 is 5.97 Å². The van der Waals surface area contributed by atoms with Gasteiger partial charge in [-0.25, -0.2) is 9.18 Å². The summed E-state index contributed by atoms with van der Waals surface area (Å²) in [6, 6.07) is 9.55. The lowest BCUT2D eigenvalue weighted by atomic mass is 10.2. The monoisotopic (exact) mass is 404 g/mol. The van der Waals surface area contributed by atoms with Gasteiger partial charge in [-0.15, -0.1) is 0 Å². The topological polar surface area (TPSA) is 108 Å². The summed E-state index contributed by atoms with van der Waals surface area (Å²) in [6.45, 7) is -0.614. The van der Waals surface area contributed by atoms with Gasteiger partial charge in [0.05, 0.1) is 19.8 Å². The fourth-order valence-electron chi connectivity index (χ4n) is 2.49. The highest BCUT2D eigenvalue weighted by Crippen LogP contribution is 2.27. The van der Waals surface area contributed by atoms with Crippen molar-refractivity contribution in [2.45, 2.75) is 6.42 Å². The highest BCUT2D eigenvalue weighted by atomic mass is 19.1. The number of amides is 2. The molecule has 0 spiro atoms. The summed E-state index contributed by atoms with van der Waals surface area (Å²) in [4.78, 5) is 37.1. The fourth-order valence-corrected chi connectivity index (χ4v) is 2.49. The third kappa shape index (κ3) is 5.93. The van der Waals surface area contributed by atoms with Crippen LogP contribution in [0.1, 0.15) is 16.8 Å². The van der Waals surface area contributed by atoms with Crippen LogP contribution in [0.15, 0.2) is 42.5 Å². The van der Waals surface area contributed by atoms with E-state index in [0.717, 1.165) is 0 Å². The van der Waals surface area contributed by atoms with Crippen LogP contribution in [0.5, 0.6) is 11.5 Å². The first kappa shape index (κ1) is 21.7. The van der Waals surface area contributed by atoms with Crippen LogP contribution in [0.25, 0.3) is 0 Å². The summed E-state index contributed by atoms with van der Waals surface area (Å²) < 4.78 is 28.5. The second kappa shape index (κ2) is 10.1. The Hall–Kier alpha value is -3.62. The summed E-state index contributed by atoms with van der Waals surface area (Å²) in [5, 5.41) is 0. The van der Waals surface area contributed by atoms with Crippen LogP contribution in [-0.4, -0.2) is 45.2 Å². The zero-order chi connectivity index (χ0) is 21.4. The molecule has 0 unspecified atom stereocenters. The van der Waals surface area contributed by atoms with E-state index in [-0.39, 0.29) is 18.5 Å². The van der Waals surface area contributed by atoms with Crippen LogP contribution in [-0.2, 0) is 14.3 Å². The number of carbonyl (C=O) groups excluding carboxylic acids is 3. The van der Waals surface area contributed by atoms with Gasteiger partial charge in [-0.2, -0.15) is 0 Å². The molecule has 0 saturated heterocycles. The molecule has 0 heterocycles. The number of hydrogen-bond donors (Lipinski definition) is 1. The molecule has 2 aromatic carbocycles. The van der Waals surface area contributed by atoms with Gasteiger partial charge in [-0.3, -0.25) is 9.59 Å². The van der Waals surface area contributed by atoms with E-state index in [2.05, 4.69) is 0 Å². The van der Waals surface area contributed by atoms with Gasteiger partial charge in [0.25, 0.3) is 5.91 Å². The predicted octanol–water partition coefficient (Wildman–Crippen LogP) is 1.91. The van der Waals surface area contributed by atoms with Crippen molar-refractivity contribution in [1.29, 1.82) is 0 Å². The maximum Gasteiger partial charge on any atom is 0.338 e. The van der Waals surface area contributed by atoms with E-state index in [1.807, 2.05) is 0 Å². The van der Waals surface area contributed by atoms with Crippen molar-refractivity contribution in [1.82, 2.24) is 0 Å². The number of halogens is 1. The van der Waals surface area contributed by atoms with Gasteiger partial charge in [-0.1, -0.05) is 0 Å². The summed E-state index contributed by atoms with van der Waals surface area (Å²) in [6.07, 6.45) is -0.104. The highest BCUT2D eigenvalue weighted by Gasteiger charge is 2.20. The third-order valence-electron chi connectivity index (χ3n) is 3.97. The molecule has 0 aromatic heterocycles. The minimum Gasteiger partial charge on any atom is -0.493 e. The van der Waals surface area contributed by atoms with Crippen LogP contribution < -0.4 is 20.1 Å². The molecule has 2 aromatic rings. The maximum absolute atomic E-state index is 13.2. The van der Waals surface area contributed by atoms with Crippen molar-refractivity contribution in [2.24, 2.45) is 5.73 Å². The number of hydrogen-bond acceptors (Lipinski definition) is 6. The summed E-state index contributed by atoms with van der Waals surface area (Å²) in [5.41, 5.74) is 5.66. The number of esters is 1. The van der Waals surface area contributed by atoms with Gasteiger partial charge in [-0.05, 0) is 42.5 Å². The molecule has 0 aliphatic rings. The van der Waals surface area contributed by atoms with Crippen LogP contribution in [0, 0.1) is 5.82 Å². The van der Waals surface area contributed by atoms with Crippen molar-refractivity contribution in [2.75, 3.05) is 32.3 Å². The van der Waals surface area contributed by atoms with Crippen molar-refractivity contribution in [3.8, 4) is 11.5 Å². The SMILES string of the molecule is COc1ccc(C(=O)OCC(=O)N(CCC(N)=O)c2ccc(F)cc2)cc1OC. The van der Waals surface area contributed by atoms with Crippen molar-refractivity contribution >= 4 is 23.5 Å². The zero-order valence-electron chi connectivity index (χ0n) is 16.0. The second-order valence-electron chi connectivity index (χ2n) is 5.88. The first-order valence-corrected chi connectivity index (χ1v) is 8.59. The Labute approximate surface area is 166 Å². The number of primary amides is 1.